The second-order valence-corrected chi connectivity index (χ2v) is 6.18. The summed E-state index contributed by atoms with van der Waals surface area (Å²) in [4.78, 5) is 19.4. The molecule has 0 spiro atoms. The molecule has 2 heterocycles. The molecule has 2 aromatic rings. The van der Waals surface area contributed by atoms with Gasteiger partial charge in [-0.05, 0) is 37.5 Å². The van der Waals surface area contributed by atoms with Crippen molar-refractivity contribution in [3.63, 3.8) is 0 Å². The van der Waals surface area contributed by atoms with Crippen LogP contribution in [0, 0.1) is 0 Å². The summed E-state index contributed by atoms with van der Waals surface area (Å²) in [7, 11) is 3.20. The third-order valence-corrected chi connectivity index (χ3v) is 4.68. The number of carbonyl (C=O) groups excluding carboxylic acids is 1. The number of hydrogen-bond donors (Lipinski definition) is 0. The average molecular weight is 340 g/mol. The van der Waals surface area contributed by atoms with Crippen LogP contribution in [0.1, 0.15) is 36.6 Å². The number of nitrogens with zero attached hydrogens (tertiary/aromatic N) is 2. The van der Waals surface area contributed by atoms with E-state index in [0.29, 0.717) is 17.9 Å². The van der Waals surface area contributed by atoms with E-state index in [1.807, 2.05) is 41.3 Å². The molecule has 3 rings (SSSR count). The summed E-state index contributed by atoms with van der Waals surface area (Å²) < 4.78 is 10.8. The van der Waals surface area contributed by atoms with Crippen LogP contribution in [0.2, 0.25) is 0 Å². The normalized spacial score (nSPS) is 17.2. The molecule has 0 radical (unpaired) electrons. The largest absolute Gasteiger partial charge is 0.493 e. The Morgan fingerprint density at radius 1 is 1.16 bits per heavy atom. The molecule has 1 atom stereocenters. The second-order valence-electron chi connectivity index (χ2n) is 6.18. The van der Waals surface area contributed by atoms with Crippen molar-refractivity contribution in [2.24, 2.45) is 0 Å². The van der Waals surface area contributed by atoms with Crippen LogP contribution in [0.15, 0.2) is 42.6 Å². The summed E-state index contributed by atoms with van der Waals surface area (Å²) in [6.45, 7) is 0.770. The van der Waals surface area contributed by atoms with Gasteiger partial charge < -0.3 is 14.4 Å². The third kappa shape index (κ3) is 3.76. The molecule has 5 nitrogen and oxygen atoms in total. The molecule has 1 saturated heterocycles. The molecule has 0 saturated carbocycles. The number of rotatable bonds is 5. The predicted molar refractivity (Wildman–Crippen MR) is 95.8 cm³/mol. The van der Waals surface area contributed by atoms with E-state index in [-0.39, 0.29) is 11.9 Å². The smallest absolute Gasteiger partial charge is 0.227 e. The highest BCUT2D eigenvalue weighted by Gasteiger charge is 2.29. The van der Waals surface area contributed by atoms with Crippen LogP contribution >= 0.6 is 0 Å². The minimum Gasteiger partial charge on any atom is -0.493 e. The first-order chi connectivity index (χ1) is 12.2. The summed E-state index contributed by atoms with van der Waals surface area (Å²) in [6, 6.07) is 11.6. The summed E-state index contributed by atoms with van der Waals surface area (Å²) in [6.07, 6.45) is 5.19. The number of aromatic nitrogens is 1. The molecule has 1 fully saturated rings. The Kier molecular flexibility index (Phi) is 5.53. The third-order valence-electron chi connectivity index (χ3n) is 4.68. The monoisotopic (exact) mass is 340 g/mol. The lowest BCUT2D eigenvalue weighted by Gasteiger charge is -2.35. The molecule has 1 aromatic heterocycles. The Hall–Kier alpha value is -2.56. The molecule has 1 aromatic carbocycles. The molecule has 0 bridgehead atoms. The zero-order chi connectivity index (χ0) is 17.6. The fourth-order valence-corrected chi connectivity index (χ4v) is 3.47. The summed E-state index contributed by atoms with van der Waals surface area (Å²) in [5.74, 6) is 1.37. The highest BCUT2D eigenvalue weighted by molar-refractivity contribution is 5.80. The number of likely N-dealkylation sites (tertiary alicyclic amines) is 1. The zero-order valence-electron chi connectivity index (χ0n) is 14.8. The van der Waals surface area contributed by atoms with E-state index in [4.69, 9.17) is 9.47 Å². The molecular weight excluding hydrogens is 316 g/mol. The lowest BCUT2D eigenvalue weighted by Crippen LogP contribution is -2.39. The first-order valence-electron chi connectivity index (χ1n) is 8.65. The van der Waals surface area contributed by atoms with Gasteiger partial charge in [0.25, 0.3) is 0 Å². The van der Waals surface area contributed by atoms with Crippen LogP contribution < -0.4 is 9.47 Å². The lowest BCUT2D eigenvalue weighted by atomic mass is 9.97. The van der Waals surface area contributed by atoms with E-state index in [9.17, 15) is 4.79 Å². The SMILES string of the molecule is COc1cccc(CC(=O)N2CCCC[C@@H]2c2ccccn2)c1OC. The second kappa shape index (κ2) is 8.01. The minimum absolute atomic E-state index is 0.0547. The topological polar surface area (TPSA) is 51.7 Å². The van der Waals surface area contributed by atoms with Crippen molar-refractivity contribution < 1.29 is 14.3 Å². The van der Waals surface area contributed by atoms with Crippen LogP contribution in [0.3, 0.4) is 0 Å². The Labute approximate surface area is 148 Å². The number of carbonyl (C=O) groups is 1. The Bertz CT molecular complexity index is 718. The summed E-state index contributed by atoms with van der Waals surface area (Å²) in [5, 5.41) is 0. The highest BCUT2D eigenvalue weighted by Crippen LogP contribution is 2.33. The minimum atomic E-state index is 0.0547. The number of hydrogen-bond acceptors (Lipinski definition) is 4. The first kappa shape index (κ1) is 17.3. The Morgan fingerprint density at radius 3 is 2.76 bits per heavy atom. The zero-order valence-corrected chi connectivity index (χ0v) is 14.8. The number of para-hydroxylation sites is 1. The van der Waals surface area contributed by atoms with Gasteiger partial charge in [-0.15, -0.1) is 0 Å². The van der Waals surface area contributed by atoms with E-state index in [1.165, 1.54) is 0 Å². The number of benzene rings is 1. The van der Waals surface area contributed by atoms with Gasteiger partial charge in [-0.2, -0.15) is 0 Å². The fourth-order valence-electron chi connectivity index (χ4n) is 3.47. The van der Waals surface area contributed by atoms with Gasteiger partial charge in [0, 0.05) is 18.3 Å². The summed E-state index contributed by atoms with van der Waals surface area (Å²) >= 11 is 0. The molecule has 0 unspecified atom stereocenters. The van der Waals surface area contributed by atoms with Crippen LogP contribution in [0.4, 0.5) is 0 Å². The van der Waals surface area contributed by atoms with Crippen LogP contribution in [-0.2, 0) is 11.2 Å². The number of piperidine rings is 1. The van der Waals surface area contributed by atoms with Crippen molar-refractivity contribution >= 4 is 5.91 Å². The molecule has 1 aliphatic heterocycles. The number of amides is 1. The fraction of sp³-hybridized carbons (Fsp3) is 0.400. The van der Waals surface area contributed by atoms with E-state index in [1.54, 1.807) is 20.4 Å². The maximum Gasteiger partial charge on any atom is 0.227 e. The number of methoxy groups -OCH3 is 2. The van der Waals surface area contributed by atoms with Crippen molar-refractivity contribution in [1.82, 2.24) is 9.88 Å². The number of pyridine rings is 1. The maximum atomic E-state index is 13.0. The summed E-state index contributed by atoms with van der Waals surface area (Å²) in [5.41, 5.74) is 1.81. The first-order valence-corrected chi connectivity index (χ1v) is 8.65. The van der Waals surface area contributed by atoms with E-state index < -0.39 is 0 Å². The molecular formula is C20H24N2O3. The van der Waals surface area contributed by atoms with Gasteiger partial charge in [0.05, 0.1) is 32.4 Å². The van der Waals surface area contributed by atoms with Gasteiger partial charge in [0.15, 0.2) is 11.5 Å². The van der Waals surface area contributed by atoms with Crippen LogP contribution in [0.25, 0.3) is 0 Å². The lowest BCUT2D eigenvalue weighted by molar-refractivity contribution is -0.134. The van der Waals surface area contributed by atoms with E-state index in [0.717, 1.165) is 37.1 Å². The molecule has 1 aliphatic rings. The van der Waals surface area contributed by atoms with Gasteiger partial charge in [-0.25, -0.2) is 0 Å². The predicted octanol–water partition coefficient (Wildman–Crippen LogP) is 3.40. The van der Waals surface area contributed by atoms with E-state index in [2.05, 4.69) is 4.98 Å². The molecule has 1 amide bonds. The quantitative estimate of drug-likeness (QED) is 0.837. The van der Waals surface area contributed by atoms with Gasteiger partial charge in [0.1, 0.15) is 0 Å². The van der Waals surface area contributed by atoms with E-state index >= 15 is 0 Å². The Balaban J connectivity index is 1.82. The molecule has 5 heteroatoms. The van der Waals surface area contributed by atoms with Gasteiger partial charge in [-0.1, -0.05) is 18.2 Å². The van der Waals surface area contributed by atoms with Gasteiger partial charge in [-0.3, -0.25) is 9.78 Å². The molecule has 132 valence electrons. The van der Waals surface area contributed by atoms with Crippen LogP contribution in [0.5, 0.6) is 11.5 Å². The van der Waals surface area contributed by atoms with Crippen molar-refractivity contribution in [3.05, 3.63) is 53.9 Å². The molecule has 25 heavy (non-hydrogen) atoms. The van der Waals surface area contributed by atoms with Gasteiger partial charge >= 0.3 is 0 Å². The Morgan fingerprint density at radius 2 is 2.04 bits per heavy atom. The molecule has 0 aliphatic carbocycles. The number of ether oxygens (including phenoxy) is 2. The van der Waals surface area contributed by atoms with Crippen molar-refractivity contribution in [2.45, 2.75) is 31.7 Å². The highest BCUT2D eigenvalue weighted by atomic mass is 16.5. The maximum absolute atomic E-state index is 13.0. The molecule has 0 N–H and O–H groups in total. The van der Waals surface area contributed by atoms with Gasteiger partial charge in [0.2, 0.25) is 5.91 Å². The standard InChI is InChI=1S/C20H24N2O3/c1-24-18-11-7-8-15(20(18)25-2)14-19(23)22-13-6-4-10-17(22)16-9-3-5-12-21-16/h3,5,7-9,11-12,17H,4,6,10,13-14H2,1-2H3/t17-/m1/s1. The van der Waals surface area contributed by atoms with Crippen molar-refractivity contribution in [1.29, 1.82) is 0 Å². The van der Waals surface area contributed by atoms with Crippen molar-refractivity contribution in [3.8, 4) is 11.5 Å². The van der Waals surface area contributed by atoms with Crippen molar-refractivity contribution in [2.75, 3.05) is 20.8 Å². The van der Waals surface area contributed by atoms with Crippen LogP contribution in [-0.4, -0.2) is 36.6 Å². The average Bonchev–Trinajstić information content (AvgIpc) is 2.68.